The van der Waals surface area contributed by atoms with Crippen molar-refractivity contribution in [1.29, 1.82) is 0 Å². The lowest BCUT2D eigenvalue weighted by Gasteiger charge is -2.24. The number of rotatable bonds is 5. The Hall–Kier alpha value is -3.76. The van der Waals surface area contributed by atoms with Crippen molar-refractivity contribution in [3.05, 3.63) is 48.3 Å². The van der Waals surface area contributed by atoms with Crippen molar-refractivity contribution in [3.63, 3.8) is 0 Å². The first kappa shape index (κ1) is 23.4. The van der Waals surface area contributed by atoms with Gasteiger partial charge in [-0.3, -0.25) is 4.79 Å². The van der Waals surface area contributed by atoms with E-state index in [1.54, 1.807) is 25.2 Å². The van der Waals surface area contributed by atoms with Gasteiger partial charge >= 0.3 is 6.36 Å². The maximum absolute atomic E-state index is 12.9. The number of alkyl halides is 3. The van der Waals surface area contributed by atoms with Gasteiger partial charge < -0.3 is 24.0 Å². The summed E-state index contributed by atoms with van der Waals surface area (Å²) in [4.78, 5) is 25.5. The number of hydrogen-bond acceptors (Lipinski definition) is 7. The van der Waals surface area contributed by atoms with Gasteiger partial charge in [0.25, 0.3) is 5.91 Å². The van der Waals surface area contributed by atoms with Crippen LogP contribution in [0.15, 0.2) is 42.7 Å². The van der Waals surface area contributed by atoms with Gasteiger partial charge in [-0.05, 0) is 36.8 Å². The van der Waals surface area contributed by atoms with Crippen LogP contribution in [0.2, 0.25) is 0 Å². The summed E-state index contributed by atoms with van der Waals surface area (Å²) >= 11 is 0. The maximum atomic E-state index is 12.9. The summed E-state index contributed by atoms with van der Waals surface area (Å²) in [5, 5.41) is 0.806. The van der Waals surface area contributed by atoms with Gasteiger partial charge in [-0.15, -0.1) is 13.2 Å². The monoisotopic (exact) mass is 476 g/mol. The Bertz CT molecular complexity index is 1170. The number of carbonyl (C=O) groups excluding carboxylic acids is 1. The van der Waals surface area contributed by atoms with Crippen molar-refractivity contribution in [2.24, 2.45) is 0 Å². The second kappa shape index (κ2) is 9.62. The zero-order chi connectivity index (χ0) is 24.3. The summed E-state index contributed by atoms with van der Waals surface area (Å²) in [6.07, 6.45) is -2.60. The summed E-state index contributed by atoms with van der Waals surface area (Å²) in [6.45, 7) is 2.14. The molecule has 2 aromatic carbocycles. The maximum Gasteiger partial charge on any atom is 0.573 e. The quantitative estimate of drug-likeness (QED) is 0.553. The van der Waals surface area contributed by atoms with Crippen LogP contribution in [-0.4, -0.2) is 67.5 Å². The molecule has 180 valence electrons. The molecule has 11 heteroatoms. The predicted octanol–water partition coefficient (Wildman–Crippen LogP) is 3.90. The van der Waals surface area contributed by atoms with Gasteiger partial charge in [-0.1, -0.05) is 0 Å². The third-order valence-corrected chi connectivity index (χ3v) is 5.54. The van der Waals surface area contributed by atoms with Crippen LogP contribution in [-0.2, 0) is 0 Å². The first-order chi connectivity index (χ1) is 16.3. The summed E-state index contributed by atoms with van der Waals surface area (Å²) in [7, 11) is 3.12. The Morgan fingerprint density at radius 2 is 1.65 bits per heavy atom. The number of anilines is 1. The standard InChI is InChI=1S/C23H23F3N4O4/c1-32-19-12-17-18(13-20(19)33-2)27-14-28-21(17)29-8-3-9-30(11-10-29)22(31)15-4-6-16(7-5-15)34-23(24,25)26/h4-7,12-14H,3,8-11H2,1-2H3. The van der Waals surface area contributed by atoms with Crippen molar-refractivity contribution in [2.75, 3.05) is 45.3 Å². The number of aromatic nitrogens is 2. The molecule has 0 N–H and O–H groups in total. The van der Waals surface area contributed by atoms with Crippen molar-refractivity contribution in [1.82, 2.24) is 14.9 Å². The van der Waals surface area contributed by atoms with E-state index in [9.17, 15) is 18.0 Å². The highest BCUT2D eigenvalue weighted by atomic mass is 19.4. The Morgan fingerprint density at radius 3 is 2.32 bits per heavy atom. The summed E-state index contributed by atoms with van der Waals surface area (Å²) in [6, 6.07) is 8.58. The third-order valence-electron chi connectivity index (χ3n) is 5.54. The molecule has 1 aromatic heterocycles. The SMILES string of the molecule is COc1cc2ncnc(N3CCCN(C(=O)c4ccc(OC(F)(F)F)cc4)CC3)c2cc1OC. The van der Waals surface area contributed by atoms with Gasteiger partial charge in [0.15, 0.2) is 11.5 Å². The van der Waals surface area contributed by atoms with Crippen molar-refractivity contribution in [2.45, 2.75) is 12.8 Å². The van der Waals surface area contributed by atoms with Gasteiger partial charge in [0.2, 0.25) is 0 Å². The van der Waals surface area contributed by atoms with Crippen molar-refractivity contribution >= 4 is 22.6 Å². The molecule has 0 spiro atoms. The van der Waals surface area contributed by atoms with E-state index in [2.05, 4.69) is 19.6 Å². The van der Waals surface area contributed by atoms with E-state index in [0.717, 1.165) is 23.3 Å². The molecule has 1 aliphatic heterocycles. The third kappa shape index (κ3) is 5.08. The second-order valence-electron chi connectivity index (χ2n) is 7.63. The van der Waals surface area contributed by atoms with Gasteiger partial charge in [-0.2, -0.15) is 0 Å². The Morgan fingerprint density at radius 1 is 0.941 bits per heavy atom. The van der Waals surface area contributed by atoms with E-state index in [4.69, 9.17) is 9.47 Å². The minimum absolute atomic E-state index is 0.251. The lowest BCUT2D eigenvalue weighted by Crippen LogP contribution is -2.35. The molecule has 0 radical (unpaired) electrons. The van der Waals surface area contributed by atoms with Crippen LogP contribution in [0.1, 0.15) is 16.8 Å². The molecule has 0 atom stereocenters. The number of nitrogens with zero attached hydrogens (tertiary/aromatic N) is 4. The number of hydrogen-bond donors (Lipinski definition) is 0. The fourth-order valence-corrected chi connectivity index (χ4v) is 3.94. The molecule has 0 unspecified atom stereocenters. The largest absolute Gasteiger partial charge is 0.573 e. The molecule has 1 amide bonds. The number of ether oxygens (including phenoxy) is 3. The molecule has 0 saturated carbocycles. The van der Waals surface area contributed by atoms with Gasteiger partial charge in [0.05, 0.1) is 19.7 Å². The minimum Gasteiger partial charge on any atom is -0.493 e. The smallest absolute Gasteiger partial charge is 0.493 e. The molecular weight excluding hydrogens is 453 g/mol. The van der Waals surface area contributed by atoms with Crippen LogP contribution >= 0.6 is 0 Å². The highest BCUT2D eigenvalue weighted by Gasteiger charge is 2.31. The average molecular weight is 476 g/mol. The van der Waals surface area contributed by atoms with Crippen LogP contribution in [0, 0.1) is 0 Å². The second-order valence-corrected chi connectivity index (χ2v) is 7.63. The van der Waals surface area contributed by atoms with Crippen molar-refractivity contribution < 1.29 is 32.2 Å². The summed E-state index contributed by atoms with van der Waals surface area (Å²) < 4.78 is 51.7. The number of amides is 1. The van der Waals surface area contributed by atoms with Gasteiger partial charge in [-0.25, -0.2) is 9.97 Å². The molecule has 34 heavy (non-hydrogen) atoms. The molecule has 0 bridgehead atoms. The normalized spacial score (nSPS) is 14.6. The zero-order valence-corrected chi connectivity index (χ0v) is 18.6. The van der Waals surface area contributed by atoms with E-state index in [0.29, 0.717) is 55.2 Å². The van der Waals surface area contributed by atoms with Crippen LogP contribution in [0.4, 0.5) is 19.0 Å². The topological polar surface area (TPSA) is 77.0 Å². The molecule has 1 fully saturated rings. The molecule has 2 heterocycles. The summed E-state index contributed by atoms with van der Waals surface area (Å²) in [5.74, 6) is 1.25. The van der Waals surface area contributed by atoms with Crippen molar-refractivity contribution in [3.8, 4) is 17.2 Å². The first-order valence-electron chi connectivity index (χ1n) is 10.6. The van der Waals surface area contributed by atoms with Crippen LogP contribution < -0.4 is 19.1 Å². The molecule has 0 aliphatic carbocycles. The molecule has 1 saturated heterocycles. The van der Waals surface area contributed by atoms with E-state index >= 15 is 0 Å². The number of methoxy groups -OCH3 is 2. The molecule has 4 rings (SSSR count). The average Bonchev–Trinajstić information content (AvgIpc) is 3.08. The van der Waals surface area contributed by atoms with E-state index in [1.807, 2.05) is 6.07 Å². The Kier molecular flexibility index (Phi) is 6.62. The fourth-order valence-electron chi connectivity index (χ4n) is 3.94. The fraction of sp³-hybridized carbons (Fsp3) is 0.348. The molecule has 3 aromatic rings. The number of benzene rings is 2. The Labute approximate surface area is 193 Å². The van der Waals surface area contributed by atoms with Crippen LogP contribution in [0.5, 0.6) is 17.2 Å². The number of halogens is 3. The summed E-state index contributed by atoms with van der Waals surface area (Å²) in [5.41, 5.74) is 1.01. The lowest BCUT2D eigenvalue weighted by atomic mass is 10.2. The van der Waals surface area contributed by atoms with Gasteiger partial charge in [0.1, 0.15) is 17.9 Å². The Balaban J connectivity index is 1.50. The van der Waals surface area contributed by atoms with Crippen LogP contribution in [0.25, 0.3) is 10.9 Å². The molecule has 8 nitrogen and oxygen atoms in total. The first-order valence-corrected chi connectivity index (χ1v) is 10.6. The number of fused-ring (bicyclic) bond motifs is 1. The highest BCUT2D eigenvalue weighted by molar-refractivity contribution is 5.95. The number of carbonyl (C=O) groups is 1. The van der Waals surface area contributed by atoms with Gasteiger partial charge in [0, 0.05) is 43.2 Å². The minimum atomic E-state index is -4.78. The van der Waals surface area contributed by atoms with E-state index in [-0.39, 0.29) is 11.7 Å². The van der Waals surface area contributed by atoms with E-state index < -0.39 is 6.36 Å². The van der Waals surface area contributed by atoms with E-state index in [1.165, 1.54) is 18.5 Å². The molecular formula is C23H23F3N4O4. The lowest BCUT2D eigenvalue weighted by molar-refractivity contribution is -0.274. The zero-order valence-electron chi connectivity index (χ0n) is 18.6. The highest BCUT2D eigenvalue weighted by Crippen LogP contribution is 2.35. The van der Waals surface area contributed by atoms with Crippen LogP contribution in [0.3, 0.4) is 0 Å². The predicted molar refractivity (Wildman–Crippen MR) is 119 cm³/mol. The molecule has 1 aliphatic rings.